The van der Waals surface area contributed by atoms with Crippen molar-refractivity contribution in [3.05, 3.63) is 57.8 Å². The van der Waals surface area contributed by atoms with E-state index >= 15 is 0 Å². The Labute approximate surface area is 116 Å². The first-order valence-electron chi connectivity index (χ1n) is 6.08. The van der Waals surface area contributed by atoms with Crippen LogP contribution in [0.2, 0.25) is 0 Å². The van der Waals surface area contributed by atoms with E-state index < -0.39 is 4.92 Å². The lowest BCUT2D eigenvalue weighted by molar-refractivity contribution is -0.384. The van der Waals surface area contributed by atoms with Crippen LogP contribution in [0.1, 0.15) is 11.1 Å². The van der Waals surface area contributed by atoms with Gasteiger partial charge in [-0.05, 0) is 30.7 Å². The molecule has 0 aliphatic heterocycles. The minimum Gasteiger partial charge on any atom is -0.497 e. The SMILES string of the molecule is COc1cccc(CNc2nccc(C)c2[N+](=O)[O-])c1. The van der Waals surface area contributed by atoms with Gasteiger partial charge in [-0.1, -0.05) is 12.1 Å². The summed E-state index contributed by atoms with van der Waals surface area (Å²) in [6.45, 7) is 2.13. The van der Waals surface area contributed by atoms with Gasteiger partial charge < -0.3 is 10.1 Å². The molecule has 0 bridgehead atoms. The predicted octanol–water partition coefficient (Wildman–Crippen LogP) is 2.92. The van der Waals surface area contributed by atoms with Gasteiger partial charge in [0.05, 0.1) is 12.0 Å². The lowest BCUT2D eigenvalue weighted by Crippen LogP contribution is -2.05. The second kappa shape index (κ2) is 6.01. The third kappa shape index (κ3) is 3.03. The molecule has 20 heavy (non-hydrogen) atoms. The topological polar surface area (TPSA) is 77.3 Å². The number of anilines is 1. The molecule has 0 saturated carbocycles. The van der Waals surface area contributed by atoms with Crippen LogP contribution < -0.4 is 10.1 Å². The highest BCUT2D eigenvalue weighted by Crippen LogP contribution is 2.26. The Bertz CT molecular complexity index is 629. The van der Waals surface area contributed by atoms with E-state index in [0.717, 1.165) is 11.3 Å². The maximum atomic E-state index is 11.1. The molecule has 0 fully saturated rings. The van der Waals surface area contributed by atoms with Crippen molar-refractivity contribution in [2.75, 3.05) is 12.4 Å². The number of hydrogen-bond acceptors (Lipinski definition) is 5. The highest BCUT2D eigenvalue weighted by molar-refractivity contribution is 5.59. The Morgan fingerprint density at radius 3 is 2.90 bits per heavy atom. The van der Waals surface area contributed by atoms with Crippen molar-refractivity contribution < 1.29 is 9.66 Å². The first-order valence-corrected chi connectivity index (χ1v) is 6.08. The fourth-order valence-electron chi connectivity index (χ4n) is 1.88. The molecule has 104 valence electrons. The Balaban J connectivity index is 2.18. The number of nitro groups is 1. The van der Waals surface area contributed by atoms with Crippen molar-refractivity contribution in [2.45, 2.75) is 13.5 Å². The van der Waals surface area contributed by atoms with Crippen LogP contribution >= 0.6 is 0 Å². The molecular weight excluding hydrogens is 258 g/mol. The summed E-state index contributed by atoms with van der Waals surface area (Å²) in [6.07, 6.45) is 1.55. The normalized spacial score (nSPS) is 10.1. The van der Waals surface area contributed by atoms with Crippen LogP contribution in [0.4, 0.5) is 11.5 Å². The molecule has 0 amide bonds. The minimum absolute atomic E-state index is 0.00963. The number of nitrogens with zero attached hydrogens (tertiary/aromatic N) is 2. The Morgan fingerprint density at radius 1 is 1.40 bits per heavy atom. The van der Waals surface area contributed by atoms with E-state index in [1.165, 1.54) is 0 Å². The van der Waals surface area contributed by atoms with Gasteiger partial charge in [0.1, 0.15) is 5.75 Å². The molecule has 0 aliphatic carbocycles. The monoisotopic (exact) mass is 273 g/mol. The second-order valence-electron chi connectivity index (χ2n) is 4.29. The first-order chi connectivity index (χ1) is 9.61. The number of aromatic nitrogens is 1. The van der Waals surface area contributed by atoms with Gasteiger partial charge in [0.2, 0.25) is 5.82 Å². The number of pyridine rings is 1. The summed E-state index contributed by atoms with van der Waals surface area (Å²) in [7, 11) is 1.60. The van der Waals surface area contributed by atoms with Crippen molar-refractivity contribution in [1.29, 1.82) is 0 Å². The minimum atomic E-state index is -0.420. The molecule has 0 unspecified atom stereocenters. The molecule has 0 radical (unpaired) electrons. The van der Waals surface area contributed by atoms with Crippen molar-refractivity contribution in [2.24, 2.45) is 0 Å². The first kappa shape index (κ1) is 13.8. The van der Waals surface area contributed by atoms with Gasteiger partial charge in [-0.15, -0.1) is 0 Å². The molecule has 6 heteroatoms. The largest absolute Gasteiger partial charge is 0.497 e. The molecule has 0 saturated heterocycles. The van der Waals surface area contributed by atoms with E-state index in [-0.39, 0.29) is 11.5 Å². The number of nitrogens with one attached hydrogen (secondary N) is 1. The maximum Gasteiger partial charge on any atom is 0.314 e. The molecule has 1 aromatic carbocycles. The number of methoxy groups -OCH3 is 1. The van der Waals surface area contributed by atoms with E-state index in [9.17, 15) is 10.1 Å². The van der Waals surface area contributed by atoms with E-state index in [1.807, 2.05) is 24.3 Å². The van der Waals surface area contributed by atoms with Crippen LogP contribution in [-0.4, -0.2) is 17.0 Å². The van der Waals surface area contributed by atoms with Gasteiger partial charge in [-0.25, -0.2) is 4.98 Å². The average Bonchev–Trinajstić information content (AvgIpc) is 2.45. The molecule has 1 heterocycles. The average molecular weight is 273 g/mol. The highest BCUT2D eigenvalue weighted by atomic mass is 16.6. The molecule has 2 rings (SSSR count). The fraction of sp³-hybridized carbons (Fsp3) is 0.214. The van der Waals surface area contributed by atoms with Crippen LogP contribution in [0.5, 0.6) is 5.75 Å². The predicted molar refractivity (Wildman–Crippen MR) is 75.9 cm³/mol. The van der Waals surface area contributed by atoms with Crippen molar-refractivity contribution in [3.63, 3.8) is 0 Å². The van der Waals surface area contributed by atoms with Crippen LogP contribution in [0.25, 0.3) is 0 Å². The van der Waals surface area contributed by atoms with Crippen molar-refractivity contribution >= 4 is 11.5 Å². The zero-order valence-corrected chi connectivity index (χ0v) is 11.3. The van der Waals surface area contributed by atoms with Crippen LogP contribution in [0, 0.1) is 17.0 Å². The number of hydrogen-bond donors (Lipinski definition) is 1. The van der Waals surface area contributed by atoms with Crippen LogP contribution in [0.15, 0.2) is 36.5 Å². The van der Waals surface area contributed by atoms with Gasteiger partial charge in [0.25, 0.3) is 0 Å². The third-order valence-corrected chi connectivity index (χ3v) is 2.90. The number of ether oxygens (including phenoxy) is 1. The van der Waals surface area contributed by atoms with Crippen LogP contribution in [0.3, 0.4) is 0 Å². The van der Waals surface area contributed by atoms with Gasteiger partial charge in [0.15, 0.2) is 0 Å². The maximum absolute atomic E-state index is 11.1. The second-order valence-corrected chi connectivity index (χ2v) is 4.29. The van der Waals surface area contributed by atoms with Crippen molar-refractivity contribution in [1.82, 2.24) is 4.98 Å². The summed E-state index contributed by atoms with van der Waals surface area (Å²) < 4.78 is 5.14. The number of rotatable bonds is 5. The van der Waals surface area contributed by atoms with Gasteiger partial charge in [0, 0.05) is 18.3 Å². The summed E-state index contributed by atoms with van der Waals surface area (Å²) >= 11 is 0. The summed E-state index contributed by atoms with van der Waals surface area (Å²) in [6, 6.07) is 9.12. The quantitative estimate of drug-likeness (QED) is 0.669. The summed E-state index contributed by atoms with van der Waals surface area (Å²) in [4.78, 5) is 14.7. The molecule has 6 nitrogen and oxygen atoms in total. The van der Waals surface area contributed by atoms with Crippen LogP contribution in [-0.2, 0) is 6.54 Å². The van der Waals surface area contributed by atoms with E-state index in [0.29, 0.717) is 12.1 Å². The Morgan fingerprint density at radius 2 is 2.20 bits per heavy atom. The van der Waals surface area contributed by atoms with E-state index in [4.69, 9.17) is 4.74 Å². The molecular formula is C14H15N3O3. The lowest BCUT2D eigenvalue weighted by atomic mass is 10.2. The number of aryl methyl sites for hydroxylation is 1. The van der Waals surface area contributed by atoms with Gasteiger partial charge in [-0.3, -0.25) is 10.1 Å². The van der Waals surface area contributed by atoms with Gasteiger partial charge in [-0.2, -0.15) is 0 Å². The fourth-order valence-corrected chi connectivity index (χ4v) is 1.88. The lowest BCUT2D eigenvalue weighted by Gasteiger charge is -2.08. The summed E-state index contributed by atoms with van der Waals surface area (Å²) in [5.74, 6) is 1.02. The molecule has 1 N–H and O–H groups in total. The molecule has 0 spiro atoms. The highest BCUT2D eigenvalue weighted by Gasteiger charge is 2.17. The summed E-state index contributed by atoms with van der Waals surface area (Å²) in [5, 5.41) is 14.1. The molecule has 1 aromatic heterocycles. The molecule has 2 aromatic rings. The Kier molecular flexibility index (Phi) is 4.14. The summed E-state index contributed by atoms with van der Waals surface area (Å²) in [5.41, 5.74) is 1.55. The molecule has 0 atom stereocenters. The zero-order valence-electron chi connectivity index (χ0n) is 11.3. The standard InChI is InChI=1S/C14H15N3O3/c1-10-6-7-15-14(13(10)17(18)19)16-9-11-4-3-5-12(8-11)20-2/h3-8H,9H2,1-2H3,(H,15,16). The van der Waals surface area contributed by atoms with E-state index in [1.54, 1.807) is 26.3 Å². The molecule has 0 aliphatic rings. The van der Waals surface area contributed by atoms with Crippen molar-refractivity contribution in [3.8, 4) is 5.75 Å². The Hall–Kier alpha value is -2.63. The smallest absolute Gasteiger partial charge is 0.314 e. The van der Waals surface area contributed by atoms with Gasteiger partial charge >= 0.3 is 5.69 Å². The zero-order chi connectivity index (χ0) is 14.5. The van der Waals surface area contributed by atoms with E-state index in [2.05, 4.69) is 10.3 Å². The number of benzene rings is 1. The third-order valence-electron chi connectivity index (χ3n) is 2.90.